The average Bonchev–Trinajstić information content (AvgIpc) is 2.48. The molecule has 1 rings (SSSR count). The minimum absolute atomic E-state index is 0.00689. The molecule has 0 aliphatic rings. The molecule has 118 valence electrons. The van der Waals surface area contributed by atoms with Crippen molar-refractivity contribution in [3.8, 4) is 0 Å². The number of anilines is 1. The maximum Gasteiger partial charge on any atom is 0.232 e. The van der Waals surface area contributed by atoms with E-state index in [0.29, 0.717) is 18.2 Å². The smallest absolute Gasteiger partial charge is 0.232 e. The summed E-state index contributed by atoms with van der Waals surface area (Å²) < 4.78 is 0. The van der Waals surface area contributed by atoms with Crippen LogP contribution in [0.2, 0.25) is 0 Å². The Kier molecular flexibility index (Phi) is 8.04. The predicted octanol–water partition coefficient (Wildman–Crippen LogP) is 3.38. The van der Waals surface area contributed by atoms with Crippen molar-refractivity contribution in [1.82, 2.24) is 5.32 Å². The molecule has 5 heteroatoms. The Morgan fingerprint density at radius 3 is 2.81 bits per heavy atom. The average molecular weight is 327 g/mol. The van der Waals surface area contributed by atoms with Crippen molar-refractivity contribution in [2.24, 2.45) is 5.92 Å². The fraction of sp³-hybridized carbons (Fsp3) is 0.562. The first kappa shape index (κ1) is 18.2. The number of carbonyl (C=O) groups is 1. The zero-order chi connectivity index (χ0) is 15.8. The summed E-state index contributed by atoms with van der Waals surface area (Å²) in [4.78, 5) is 12.8. The Hall–Kier alpha value is -0.810. The van der Waals surface area contributed by atoms with E-state index in [1.807, 2.05) is 25.1 Å². The van der Waals surface area contributed by atoms with Gasteiger partial charge in [0.05, 0.1) is 5.25 Å². The highest BCUT2D eigenvalue weighted by molar-refractivity contribution is 8.00. The Balaban J connectivity index is 2.34. The van der Waals surface area contributed by atoms with Crippen molar-refractivity contribution in [1.29, 1.82) is 0 Å². The molecular formula is C16H26N2OS2. The molecule has 0 fully saturated rings. The van der Waals surface area contributed by atoms with Crippen LogP contribution in [0.5, 0.6) is 0 Å². The topological polar surface area (TPSA) is 55.1 Å². The SMILES string of the molecule is CCC(C)CSC(C)C(=O)NCCc1cccc(S)c1N. The zero-order valence-corrected chi connectivity index (χ0v) is 14.8. The van der Waals surface area contributed by atoms with Crippen LogP contribution in [0.4, 0.5) is 5.69 Å². The summed E-state index contributed by atoms with van der Waals surface area (Å²) in [7, 11) is 0. The van der Waals surface area contributed by atoms with E-state index in [-0.39, 0.29) is 11.2 Å². The highest BCUT2D eigenvalue weighted by Gasteiger charge is 2.14. The molecule has 0 saturated carbocycles. The van der Waals surface area contributed by atoms with Crippen LogP contribution < -0.4 is 11.1 Å². The predicted molar refractivity (Wildman–Crippen MR) is 96.2 cm³/mol. The third-order valence-electron chi connectivity index (χ3n) is 3.56. The van der Waals surface area contributed by atoms with Gasteiger partial charge in [0.15, 0.2) is 0 Å². The molecule has 2 unspecified atom stereocenters. The van der Waals surface area contributed by atoms with Crippen LogP contribution >= 0.6 is 24.4 Å². The quantitative estimate of drug-likeness (QED) is 0.507. The van der Waals surface area contributed by atoms with Gasteiger partial charge in [-0.3, -0.25) is 4.79 Å². The van der Waals surface area contributed by atoms with Crippen LogP contribution in [0.25, 0.3) is 0 Å². The van der Waals surface area contributed by atoms with Crippen molar-refractivity contribution in [3.63, 3.8) is 0 Å². The molecule has 1 aromatic rings. The van der Waals surface area contributed by atoms with Crippen molar-refractivity contribution in [2.75, 3.05) is 18.0 Å². The van der Waals surface area contributed by atoms with E-state index >= 15 is 0 Å². The number of hydrogen-bond donors (Lipinski definition) is 3. The van der Waals surface area contributed by atoms with Crippen LogP contribution in [0.15, 0.2) is 23.1 Å². The maximum absolute atomic E-state index is 12.0. The Labute approximate surface area is 137 Å². The molecule has 3 N–H and O–H groups in total. The summed E-state index contributed by atoms with van der Waals surface area (Å²) in [5, 5.41) is 2.97. The van der Waals surface area contributed by atoms with Gasteiger partial charge in [0, 0.05) is 17.1 Å². The number of thioether (sulfide) groups is 1. The minimum Gasteiger partial charge on any atom is -0.398 e. The van der Waals surface area contributed by atoms with Crippen molar-refractivity contribution in [3.05, 3.63) is 23.8 Å². The van der Waals surface area contributed by atoms with Gasteiger partial charge in [0.25, 0.3) is 0 Å². The summed E-state index contributed by atoms with van der Waals surface area (Å²) in [6, 6.07) is 5.77. The molecule has 0 saturated heterocycles. The normalized spacial score (nSPS) is 13.7. The first-order chi connectivity index (χ1) is 9.95. The first-order valence-corrected chi connectivity index (χ1v) is 8.90. The molecule has 2 atom stereocenters. The summed E-state index contributed by atoms with van der Waals surface area (Å²) in [5.74, 6) is 1.78. The van der Waals surface area contributed by atoms with E-state index in [0.717, 1.165) is 29.1 Å². The van der Waals surface area contributed by atoms with E-state index in [2.05, 4.69) is 31.8 Å². The number of nitrogen functional groups attached to an aromatic ring is 1. The third-order valence-corrected chi connectivity index (χ3v) is 5.43. The molecule has 0 aliphatic heterocycles. The Morgan fingerprint density at radius 2 is 2.14 bits per heavy atom. The molecule has 21 heavy (non-hydrogen) atoms. The Bertz CT molecular complexity index is 466. The molecule has 0 aromatic heterocycles. The van der Waals surface area contributed by atoms with E-state index in [1.165, 1.54) is 0 Å². The van der Waals surface area contributed by atoms with Crippen LogP contribution in [0.3, 0.4) is 0 Å². The summed E-state index contributed by atoms with van der Waals surface area (Å²) in [6.45, 7) is 6.96. The number of nitrogens with two attached hydrogens (primary N) is 1. The van der Waals surface area contributed by atoms with Gasteiger partial charge < -0.3 is 11.1 Å². The van der Waals surface area contributed by atoms with E-state index < -0.39 is 0 Å². The monoisotopic (exact) mass is 326 g/mol. The second-order valence-corrected chi connectivity index (χ2v) is 7.24. The van der Waals surface area contributed by atoms with Gasteiger partial charge in [-0.15, -0.1) is 24.4 Å². The summed E-state index contributed by atoms with van der Waals surface area (Å²) in [5.41, 5.74) is 7.70. The van der Waals surface area contributed by atoms with Gasteiger partial charge in [-0.2, -0.15) is 0 Å². The van der Waals surface area contributed by atoms with Gasteiger partial charge in [0.1, 0.15) is 0 Å². The fourth-order valence-electron chi connectivity index (χ4n) is 1.78. The number of benzene rings is 1. The highest BCUT2D eigenvalue weighted by atomic mass is 32.2. The number of hydrogen-bond acceptors (Lipinski definition) is 4. The first-order valence-electron chi connectivity index (χ1n) is 7.41. The molecule has 0 radical (unpaired) electrons. The standard InChI is InChI=1S/C16H26N2OS2/c1-4-11(2)10-21-12(3)16(19)18-9-8-13-6-5-7-14(20)15(13)17/h5-7,11-12,20H,4,8-10,17H2,1-3H3,(H,18,19). The number of carbonyl (C=O) groups excluding carboxylic acids is 1. The van der Waals surface area contributed by atoms with Crippen LogP contribution in [0.1, 0.15) is 32.8 Å². The van der Waals surface area contributed by atoms with Gasteiger partial charge in [0.2, 0.25) is 5.91 Å². The van der Waals surface area contributed by atoms with Gasteiger partial charge >= 0.3 is 0 Å². The third kappa shape index (κ3) is 6.22. The maximum atomic E-state index is 12.0. The van der Waals surface area contributed by atoms with E-state index in [1.54, 1.807) is 11.8 Å². The Morgan fingerprint density at radius 1 is 1.43 bits per heavy atom. The van der Waals surface area contributed by atoms with Gasteiger partial charge in [-0.05, 0) is 36.6 Å². The molecule has 0 spiro atoms. The largest absolute Gasteiger partial charge is 0.398 e. The van der Waals surface area contributed by atoms with E-state index in [4.69, 9.17) is 5.73 Å². The zero-order valence-electron chi connectivity index (χ0n) is 13.1. The lowest BCUT2D eigenvalue weighted by Crippen LogP contribution is -2.33. The molecular weight excluding hydrogens is 300 g/mol. The second-order valence-electron chi connectivity index (χ2n) is 5.38. The molecule has 0 aliphatic carbocycles. The van der Waals surface area contributed by atoms with Gasteiger partial charge in [-0.1, -0.05) is 32.4 Å². The lowest BCUT2D eigenvalue weighted by molar-refractivity contribution is -0.120. The minimum atomic E-state index is -0.00689. The molecule has 0 bridgehead atoms. The van der Waals surface area contributed by atoms with Crippen LogP contribution in [-0.2, 0) is 11.2 Å². The van der Waals surface area contributed by atoms with Crippen LogP contribution in [0, 0.1) is 5.92 Å². The fourth-order valence-corrected chi connectivity index (χ4v) is 3.10. The van der Waals surface area contributed by atoms with Gasteiger partial charge in [-0.25, -0.2) is 0 Å². The lowest BCUT2D eigenvalue weighted by Gasteiger charge is -2.15. The number of thiol groups is 1. The number of para-hydroxylation sites is 1. The van der Waals surface area contributed by atoms with Crippen LogP contribution in [-0.4, -0.2) is 23.5 Å². The van der Waals surface area contributed by atoms with E-state index in [9.17, 15) is 4.79 Å². The second kappa shape index (κ2) is 9.26. The van der Waals surface area contributed by atoms with Crippen molar-refractivity contribution in [2.45, 2.75) is 43.8 Å². The molecule has 3 nitrogen and oxygen atoms in total. The lowest BCUT2D eigenvalue weighted by atomic mass is 10.1. The van der Waals surface area contributed by atoms with Crippen molar-refractivity contribution < 1.29 is 4.79 Å². The summed E-state index contributed by atoms with van der Waals surface area (Å²) in [6.07, 6.45) is 1.88. The number of amides is 1. The number of nitrogens with one attached hydrogen (secondary N) is 1. The summed E-state index contributed by atoms with van der Waals surface area (Å²) >= 11 is 6.02. The molecule has 1 aromatic carbocycles. The molecule has 1 amide bonds. The molecule has 0 heterocycles. The number of rotatable bonds is 8. The highest BCUT2D eigenvalue weighted by Crippen LogP contribution is 2.21. The van der Waals surface area contributed by atoms with Crippen molar-refractivity contribution >= 4 is 36.0 Å².